The van der Waals surface area contributed by atoms with Crippen molar-refractivity contribution in [2.45, 2.75) is 44.4 Å². The quantitative estimate of drug-likeness (QED) is 0.340. The fourth-order valence-corrected chi connectivity index (χ4v) is 5.31. The molecule has 3 aromatic rings. The average Bonchev–Trinajstić information content (AvgIpc) is 2.89. The lowest BCUT2D eigenvalue weighted by molar-refractivity contribution is -0.119. The number of amides is 1. The third-order valence-electron chi connectivity index (χ3n) is 5.64. The number of rotatable bonds is 13. The summed E-state index contributed by atoms with van der Waals surface area (Å²) in [5.41, 5.74) is 2.49. The molecule has 0 bridgehead atoms. The first kappa shape index (κ1) is 26.3. The van der Waals surface area contributed by atoms with Crippen molar-refractivity contribution in [1.82, 2.24) is 5.32 Å². The van der Waals surface area contributed by atoms with E-state index in [-0.39, 0.29) is 17.3 Å². The summed E-state index contributed by atoms with van der Waals surface area (Å²) in [5.74, 6) is 0.530. The first-order chi connectivity index (χ1) is 17.0. The molecule has 0 aliphatic heterocycles. The van der Waals surface area contributed by atoms with Gasteiger partial charge in [0.2, 0.25) is 5.91 Å². The van der Waals surface area contributed by atoms with Crippen molar-refractivity contribution in [3.05, 3.63) is 90.0 Å². The van der Waals surface area contributed by atoms with Gasteiger partial charge in [0.1, 0.15) is 12.3 Å². The lowest BCUT2D eigenvalue weighted by Gasteiger charge is -2.26. The van der Waals surface area contributed by atoms with Gasteiger partial charge in [-0.1, -0.05) is 68.4 Å². The number of para-hydroxylation sites is 2. The first-order valence-corrected chi connectivity index (χ1v) is 13.5. The summed E-state index contributed by atoms with van der Waals surface area (Å²) in [5, 5.41) is 2.89. The number of nitrogens with zero attached hydrogens (tertiary/aromatic N) is 1. The second-order valence-electron chi connectivity index (χ2n) is 8.22. The maximum Gasteiger partial charge on any atom is 0.264 e. The van der Waals surface area contributed by atoms with Gasteiger partial charge in [-0.2, -0.15) is 0 Å². The summed E-state index contributed by atoms with van der Waals surface area (Å²) in [6.07, 6.45) is 3.06. The molecule has 0 spiro atoms. The molecule has 0 aromatic heterocycles. The van der Waals surface area contributed by atoms with Crippen molar-refractivity contribution < 1.29 is 17.9 Å². The smallest absolute Gasteiger partial charge is 0.264 e. The van der Waals surface area contributed by atoms with Crippen LogP contribution in [-0.2, 0) is 27.7 Å². The molecule has 0 saturated carbocycles. The van der Waals surface area contributed by atoms with E-state index in [2.05, 4.69) is 12.2 Å². The van der Waals surface area contributed by atoms with Crippen LogP contribution in [0.1, 0.15) is 37.8 Å². The Labute approximate surface area is 209 Å². The van der Waals surface area contributed by atoms with Gasteiger partial charge in [0, 0.05) is 6.54 Å². The van der Waals surface area contributed by atoms with Gasteiger partial charge in [0.25, 0.3) is 10.0 Å². The number of hydrogen-bond acceptors (Lipinski definition) is 4. The van der Waals surface area contributed by atoms with E-state index in [1.807, 2.05) is 43.3 Å². The summed E-state index contributed by atoms with van der Waals surface area (Å²) < 4.78 is 34.0. The maximum absolute atomic E-state index is 13.5. The molecule has 0 atom stereocenters. The number of aryl methyl sites for hydroxylation is 2. The number of sulfonamides is 1. The highest BCUT2D eigenvalue weighted by atomic mass is 32.2. The Balaban J connectivity index is 1.69. The van der Waals surface area contributed by atoms with Crippen molar-refractivity contribution >= 4 is 21.6 Å². The van der Waals surface area contributed by atoms with Crippen LogP contribution in [0.4, 0.5) is 5.69 Å². The molecule has 0 aliphatic carbocycles. The van der Waals surface area contributed by atoms with E-state index in [0.717, 1.165) is 36.1 Å². The van der Waals surface area contributed by atoms with E-state index in [0.29, 0.717) is 25.3 Å². The molecule has 3 aromatic carbocycles. The van der Waals surface area contributed by atoms with Gasteiger partial charge in [-0.15, -0.1) is 0 Å². The Hall–Kier alpha value is -3.32. The van der Waals surface area contributed by atoms with Crippen LogP contribution in [-0.4, -0.2) is 34.0 Å². The second-order valence-corrected chi connectivity index (χ2v) is 10.1. The molecule has 0 unspecified atom stereocenters. The third-order valence-corrected chi connectivity index (χ3v) is 7.41. The van der Waals surface area contributed by atoms with E-state index in [1.54, 1.807) is 42.5 Å². The summed E-state index contributed by atoms with van der Waals surface area (Å²) in [4.78, 5) is 13.0. The van der Waals surface area contributed by atoms with E-state index in [9.17, 15) is 13.2 Å². The highest BCUT2D eigenvalue weighted by molar-refractivity contribution is 7.92. The molecule has 35 heavy (non-hydrogen) atoms. The fourth-order valence-electron chi connectivity index (χ4n) is 3.83. The summed E-state index contributed by atoms with van der Waals surface area (Å²) >= 11 is 0. The first-order valence-electron chi connectivity index (χ1n) is 12.1. The Morgan fingerprint density at radius 2 is 1.54 bits per heavy atom. The van der Waals surface area contributed by atoms with Gasteiger partial charge in [0.15, 0.2) is 0 Å². The highest BCUT2D eigenvalue weighted by Crippen LogP contribution is 2.27. The minimum Gasteiger partial charge on any atom is -0.493 e. The van der Waals surface area contributed by atoms with Gasteiger partial charge in [-0.3, -0.25) is 9.10 Å². The molecule has 1 amide bonds. The second kappa shape index (κ2) is 13.0. The zero-order valence-electron chi connectivity index (χ0n) is 20.4. The Morgan fingerprint density at radius 3 is 2.26 bits per heavy atom. The van der Waals surface area contributed by atoms with E-state index in [1.165, 1.54) is 4.31 Å². The van der Waals surface area contributed by atoms with Crippen molar-refractivity contribution in [2.75, 3.05) is 24.0 Å². The topological polar surface area (TPSA) is 75.7 Å². The largest absolute Gasteiger partial charge is 0.493 e. The SMILES string of the molecule is CCCOc1ccccc1CCCNC(=O)CN(c1ccccc1CC)S(=O)(=O)c1ccccc1. The molecule has 1 N–H and O–H groups in total. The number of nitrogens with one attached hydrogen (secondary N) is 1. The minimum atomic E-state index is -3.91. The molecule has 0 radical (unpaired) electrons. The van der Waals surface area contributed by atoms with Crippen LogP contribution in [0.5, 0.6) is 5.75 Å². The van der Waals surface area contributed by atoms with Crippen molar-refractivity contribution in [2.24, 2.45) is 0 Å². The molecular formula is C28H34N2O4S. The lowest BCUT2D eigenvalue weighted by atomic mass is 10.1. The zero-order chi connectivity index (χ0) is 25.1. The molecular weight excluding hydrogens is 460 g/mol. The molecule has 0 fully saturated rings. The Kier molecular flexibility index (Phi) is 9.73. The van der Waals surface area contributed by atoms with Crippen molar-refractivity contribution in [1.29, 1.82) is 0 Å². The predicted molar refractivity (Wildman–Crippen MR) is 140 cm³/mol. The predicted octanol–water partition coefficient (Wildman–Crippen LogP) is 4.98. The molecule has 6 nitrogen and oxygen atoms in total. The van der Waals surface area contributed by atoms with E-state index < -0.39 is 10.0 Å². The highest BCUT2D eigenvalue weighted by Gasteiger charge is 2.28. The summed E-state index contributed by atoms with van der Waals surface area (Å²) in [6.45, 7) is 4.85. The van der Waals surface area contributed by atoms with Crippen LogP contribution in [0.25, 0.3) is 0 Å². The molecule has 0 heterocycles. The number of carbonyl (C=O) groups is 1. The molecule has 7 heteroatoms. The van der Waals surface area contributed by atoms with Crippen LogP contribution in [0, 0.1) is 0 Å². The van der Waals surface area contributed by atoms with Crippen molar-refractivity contribution in [3.8, 4) is 5.75 Å². The van der Waals surface area contributed by atoms with Gasteiger partial charge >= 0.3 is 0 Å². The summed E-state index contributed by atoms with van der Waals surface area (Å²) in [6, 6.07) is 23.4. The van der Waals surface area contributed by atoms with Crippen LogP contribution in [0.15, 0.2) is 83.8 Å². The maximum atomic E-state index is 13.5. The van der Waals surface area contributed by atoms with Crippen LogP contribution in [0.2, 0.25) is 0 Å². The van der Waals surface area contributed by atoms with Crippen LogP contribution < -0.4 is 14.4 Å². The number of carbonyl (C=O) groups excluding carboxylic acids is 1. The molecule has 0 saturated heterocycles. The minimum absolute atomic E-state index is 0.155. The number of ether oxygens (including phenoxy) is 1. The Bertz CT molecular complexity index is 1200. The Morgan fingerprint density at radius 1 is 0.886 bits per heavy atom. The van der Waals surface area contributed by atoms with Gasteiger partial charge in [0.05, 0.1) is 17.2 Å². The summed E-state index contributed by atoms with van der Waals surface area (Å²) in [7, 11) is -3.91. The standard InChI is InChI=1S/C28H34N2O4S/c1-3-21-34-27-19-11-9-14-24(27)15-12-20-29-28(31)22-30(26-18-10-8-13-23(26)4-2)35(32,33)25-16-6-5-7-17-25/h5-11,13-14,16-19H,3-4,12,15,20-22H2,1-2H3,(H,29,31). The molecule has 3 rings (SSSR count). The monoisotopic (exact) mass is 494 g/mol. The number of benzene rings is 3. The number of hydrogen-bond donors (Lipinski definition) is 1. The fraction of sp³-hybridized carbons (Fsp3) is 0.321. The van der Waals surface area contributed by atoms with Crippen LogP contribution >= 0.6 is 0 Å². The average molecular weight is 495 g/mol. The molecule has 0 aliphatic rings. The lowest BCUT2D eigenvalue weighted by Crippen LogP contribution is -2.41. The molecule has 186 valence electrons. The normalized spacial score (nSPS) is 11.1. The van der Waals surface area contributed by atoms with E-state index >= 15 is 0 Å². The van der Waals surface area contributed by atoms with Crippen molar-refractivity contribution in [3.63, 3.8) is 0 Å². The zero-order valence-corrected chi connectivity index (χ0v) is 21.3. The van der Waals surface area contributed by atoms with Gasteiger partial charge < -0.3 is 10.1 Å². The number of anilines is 1. The van der Waals surface area contributed by atoms with Gasteiger partial charge in [-0.05, 0) is 61.1 Å². The third kappa shape index (κ3) is 7.09. The van der Waals surface area contributed by atoms with Crippen LogP contribution in [0.3, 0.4) is 0 Å². The van der Waals surface area contributed by atoms with Gasteiger partial charge in [-0.25, -0.2) is 8.42 Å². The van der Waals surface area contributed by atoms with E-state index in [4.69, 9.17) is 4.74 Å².